The summed E-state index contributed by atoms with van der Waals surface area (Å²) >= 11 is 1.91. The van der Waals surface area contributed by atoms with E-state index in [4.69, 9.17) is 4.98 Å². The lowest BCUT2D eigenvalue weighted by Gasteiger charge is -2.06. The van der Waals surface area contributed by atoms with E-state index in [-0.39, 0.29) is 0 Å². The number of rotatable bonds is 5. The maximum atomic E-state index is 4.85. The van der Waals surface area contributed by atoms with Crippen molar-refractivity contribution in [3.05, 3.63) is 51.0 Å². The number of nitrogens with zero attached hydrogens (tertiary/aromatic N) is 1. The summed E-state index contributed by atoms with van der Waals surface area (Å²) in [5.41, 5.74) is 4.23. The van der Waals surface area contributed by atoms with Crippen molar-refractivity contribution in [2.24, 2.45) is 5.92 Å². The van der Waals surface area contributed by atoms with E-state index in [1.54, 1.807) is 0 Å². The molecule has 1 aromatic carbocycles. The molecule has 1 heterocycles. The van der Waals surface area contributed by atoms with E-state index in [1.165, 1.54) is 26.7 Å². The van der Waals surface area contributed by atoms with E-state index in [0.717, 1.165) is 25.9 Å². The minimum Gasteiger partial charge on any atom is -0.312 e. The molecule has 3 rings (SSSR count). The topological polar surface area (TPSA) is 24.9 Å². The molecule has 0 unspecified atom stereocenters. The highest BCUT2D eigenvalue weighted by Crippen LogP contribution is 2.36. The summed E-state index contributed by atoms with van der Waals surface area (Å²) < 4.78 is 0. The number of nitrogens with one attached hydrogen (secondary N) is 1. The SMILES string of the molecule is Cc1nc(C2Cc3ccccc3C2)sc1CNCC(C)C. The van der Waals surface area contributed by atoms with Crippen LogP contribution in [0.25, 0.3) is 0 Å². The Bertz CT molecular complexity index is 590. The summed E-state index contributed by atoms with van der Waals surface area (Å²) in [5, 5.41) is 4.86. The molecule has 0 saturated carbocycles. The molecule has 2 aromatic rings. The van der Waals surface area contributed by atoms with Gasteiger partial charge in [0.25, 0.3) is 0 Å². The largest absolute Gasteiger partial charge is 0.312 e. The molecule has 0 bridgehead atoms. The minimum atomic E-state index is 0.588. The van der Waals surface area contributed by atoms with Crippen LogP contribution in [-0.4, -0.2) is 11.5 Å². The Labute approximate surface area is 131 Å². The van der Waals surface area contributed by atoms with E-state index in [0.29, 0.717) is 11.8 Å². The molecule has 1 aliphatic carbocycles. The fraction of sp³-hybridized carbons (Fsp3) is 0.500. The van der Waals surface area contributed by atoms with Crippen LogP contribution in [0.2, 0.25) is 0 Å². The van der Waals surface area contributed by atoms with Gasteiger partial charge in [-0.15, -0.1) is 11.3 Å². The van der Waals surface area contributed by atoms with Crippen molar-refractivity contribution >= 4 is 11.3 Å². The molecular weight excluding hydrogens is 276 g/mol. The number of thiazole rings is 1. The summed E-state index contributed by atoms with van der Waals surface area (Å²) in [6.07, 6.45) is 2.31. The molecule has 21 heavy (non-hydrogen) atoms. The molecule has 0 fully saturated rings. The van der Waals surface area contributed by atoms with Crippen molar-refractivity contribution in [1.29, 1.82) is 0 Å². The van der Waals surface area contributed by atoms with E-state index in [1.807, 2.05) is 11.3 Å². The molecule has 0 aliphatic heterocycles. The van der Waals surface area contributed by atoms with Gasteiger partial charge in [0.1, 0.15) is 0 Å². The monoisotopic (exact) mass is 300 g/mol. The zero-order valence-electron chi connectivity index (χ0n) is 13.1. The van der Waals surface area contributed by atoms with Crippen molar-refractivity contribution in [2.75, 3.05) is 6.54 Å². The molecule has 2 nitrogen and oxygen atoms in total. The Balaban J connectivity index is 1.68. The quantitative estimate of drug-likeness (QED) is 0.900. The normalized spacial score (nSPS) is 14.9. The maximum Gasteiger partial charge on any atom is 0.0969 e. The lowest BCUT2D eigenvalue weighted by Crippen LogP contribution is -2.18. The Morgan fingerprint density at radius 2 is 1.90 bits per heavy atom. The predicted molar refractivity (Wildman–Crippen MR) is 90.0 cm³/mol. The van der Waals surface area contributed by atoms with Gasteiger partial charge in [0.2, 0.25) is 0 Å². The standard InChI is InChI=1S/C18H24N2S/c1-12(2)10-19-11-17-13(3)20-18(21-17)16-8-14-6-4-5-7-15(14)9-16/h4-7,12,16,19H,8-11H2,1-3H3. The summed E-state index contributed by atoms with van der Waals surface area (Å²) in [6.45, 7) is 8.67. The van der Waals surface area contributed by atoms with E-state index < -0.39 is 0 Å². The van der Waals surface area contributed by atoms with Gasteiger partial charge in [-0.2, -0.15) is 0 Å². The molecule has 112 valence electrons. The summed E-state index contributed by atoms with van der Waals surface area (Å²) in [6, 6.07) is 8.83. The highest BCUT2D eigenvalue weighted by atomic mass is 32.1. The third kappa shape index (κ3) is 3.35. The molecule has 3 heteroatoms. The third-order valence-electron chi connectivity index (χ3n) is 4.15. The summed E-state index contributed by atoms with van der Waals surface area (Å²) in [7, 11) is 0. The van der Waals surface area contributed by atoms with Gasteiger partial charge in [-0.1, -0.05) is 38.1 Å². The molecule has 0 atom stereocenters. The Hall–Kier alpha value is -1.19. The number of hydrogen-bond acceptors (Lipinski definition) is 3. The van der Waals surface area contributed by atoms with Crippen LogP contribution in [0.3, 0.4) is 0 Å². The number of aryl methyl sites for hydroxylation is 1. The molecule has 0 spiro atoms. The van der Waals surface area contributed by atoms with Crippen molar-refractivity contribution in [3.63, 3.8) is 0 Å². The first kappa shape index (κ1) is 14.7. The first-order valence-corrected chi connectivity index (χ1v) is 8.69. The first-order valence-electron chi connectivity index (χ1n) is 7.87. The van der Waals surface area contributed by atoms with Crippen molar-refractivity contribution in [3.8, 4) is 0 Å². The molecule has 1 aromatic heterocycles. The highest BCUT2D eigenvalue weighted by molar-refractivity contribution is 7.11. The molecule has 1 aliphatic rings. The Morgan fingerprint density at radius 1 is 1.24 bits per heavy atom. The smallest absolute Gasteiger partial charge is 0.0969 e. The highest BCUT2D eigenvalue weighted by Gasteiger charge is 2.25. The van der Waals surface area contributed by atoms with Crippen LogP contribution in [0.1, 0.15) is 46.5 Å². The Kier molecular flexibility index (Phi) is 4.41. The van der Waals surface area contributed by atoms with Crippen molar-refractivity contribution < 1.29 is 0 Å². The first-order chi connectivity index (χ1) is 10.1. The van der Waals surface area contributed by atoms with Crippen molar-refractivity contribution in [1.82, 2.24) is 10.3 Å². The van der Waals surface area contributed by atoms with Gasteiger partial charge in [0.15, 0.2) is 0 Å². The average Bonchev–Trinajstić information content (AvgIpc) is 3.02. The van der Waals surface area contributed by atoms with Gasteiger partial charge in [-0.05, 0) is 43.4 Å². The second-order valence-corrected chi connectivity index (χ2v) is 7.57. The van der Waals surface area contributed by atoms with Crippen LogP contribution in [-0.2, 0) is 19.4 Å². The van der Waals surface area contributed by atoms with Gasteiger partial charge in [0.05, 0.1) is 10.7 Å². The molecule has 1 N–H and O–H groups in total. The maximum absolute atomic E-state index is 4.85. The van der Waals surface area contributed by atoms with Crippen LogP contribution in [0.5, 0.6) is 0 Å². The lowest BCUT2D eigenvalue weighted by atomic mass is 10.1. The lowest BCUT2D eigenvalue weighted by molar-refractivity contribution is 0.554. The fourth-order valence-electron chi connectivity index (χ4n) is 3.00. The summed E-state index contributed by atoms with van der Waals surface area (Å²) in [5.74, 6) is 1.28. The Morgan fingerprint density at radius 3 is 2.52 bits per heavy atom. The summed E-state index contributed by atoms with van der Waals surface area (Å²) in [4.78, 5) is 6.26. The van der Waals surface area contributed by atoms with Gasteiger partial charge in [0, 0.05) is 17.3 Å². The molecule has 0 radical (unpaired) electrons. The minimum absolute atomic E-state index is 0.588. The second kappa shape index (κ2) is 6.29. The van der Waals surface area contributed by atoms with Crippen LogP contribution < -0.4 is 5.32 Å². The van der Waals surface area contributed by atoms with E-state index in [9.17, 15) is 0 Å². The zero-order valence-corrected chi connectivity index (χ0v) is 14.0. The third-order valence-corrected chi connectivity index (χ3v) is 5.47. The van der Waals surface area contributed by atoms with Gasteiger partial charge in [-0.3, -0.25) is 0 Å². The zero-order chi connectivity index (χ0) is 14.8. The predicted octanol–water partition coefficient (Wildman–Crippen LogP) is 4.08. The number of fused-ring (bicyclic) bond motifs is 1. The van der Waals surface area contributed by atoms with E-state index >= 15 is 0 Å². The van der Waals surface area contributed by atoms with Crippen LogP contribution in [0.4, 0.5) is 0 Å². The molecule has 0 amide bonds. The molecular formula is C18H24N2S. The fourth-order valence-corrected chi connectivity index (χ4v) is 4.13. The van der Waals surface area contributed by atoms with E-state index in [2.05, 4.69) is 50.4 Å². The number of hydrogen-bond donors (Lipinski definition) is 1. The molecule has 0 saturated heterocycles. The number of benzene rings is 1. The van der Waals surface area contributed by atoms with Crippen LogP contribution in [0.15, 0.2) is 24.3 Å². The van der Waals surface area contributed by atoms with Crippen molar-refractivity contribution in [2.45, 2.75) is 46.1 Å². The van der Waals surface area contributed by atoms with Gasteiger partial charge in [-0.25, -0.2) is 4.98 Å². The van der Waals surface area contributed by atoms with Gasteiger partial charge >= 0.3 is 0 Å². The van der Waals surface area contributed by atoms with Crippen LogP contribution >= 0.6 is 11.3 Å². The van der Waals surface area contributed by atoms with Gasteiger partial charge < -0.3 is 5.32 Å². The number of aromatic nitrogens is 1. The average molecular weight is 300 g/mol. The van der Waals surface area contributed by atoms with Crippen LogP contribution in [0, 0.1) is 12.8 Å². The second-order valence-electron chi connectivity index (χ2n) is 6.46.